The van der Waals surface area contributed by atoms with Gasteiger partial charge in [-0.15, -0.1) is 0 Å². The molecule has 22 heteroatoms. The number of amides is 2. The quantitative estimate of drug-likeness (QED) is 0.123. The molecule has 3 aliphatic heterocycles. The van der Waals surface area contributed by atoms with Crippen molar-refractivity contribution < 1.29 is 95.2 Å². The molecule has 21 nitrogen and oxygen atoms in total. The lowest BCUT2D eigenvalue weighted by molar-refractivity contribution is -0.400. The van der Waals surface area contributed by atoms with E-state index in [9.17, 15) is 38.4 Å². The summed E-state index contributed by atoms with van der Waals surface area (Å²) in [4.78, 5) is 106. The van der Waals surface area contributed by atoms with Gasteiger partial charge in [0.1, 0.15) is 43.2 Å². The number of benzene rings is 1. The number of nitrogens with zero attached hydrogens (tertiary/aromatic N) is 1. The highest BCUT2D eigenvalue weighted by Gasteiger charge is 2.64. The zero-order valence-electron chi connectivity index (χ0n) is 37.9. The molecule has 1 aromatic rings. The number of carbonyl (C=O) groups excluding carboxylic acids is 8. The molecule has 4 rings (SSSR count). The Morgan fingerprint density at radius 2 is 1.42 bits per heavy atom. The van der Waals surface area contributed by atoms with Crippen molar-refractivity contribution in [2.24, 2.45) is 0 Å². The van der Waals surface area contributed by atoms with Gasteiger partial charge >= 0.3 is 35.8 Å². The number of methoxy groups -OCH3 is 1. The lowest BCUT2D eigenvalue weighted by Crippen LogP contribution is -2.72. The van der Waals surface area contributed by atoms with Crippen LogP contribution in [0.5, 0.6) is 0 Å². The first-order chi connectivity index (χ1) is 30.0. The standard InChI is InChI=1S/C42H59NO20Si/c1-22(44)43(23(2)45)33-30(56-25(4)47)19-42(41(51)52-8,62-36(33)34(58-27(6)49)31(57-26(5)48)20-54-24(3)46)63-37-35-32(21-55-39(61-35)29-15-13-12-14-16-29)60-40(38(37)59-28(7)50)53-17-18-64(9,10)11/h12-16,30-40H,17-21H2,1-11H3/t30-,31+,32+,33+,34+,35-,36+,37-,38+,39-,40+,42-/m0/s1. The van der Waals surface area contributed by atoms with Gasteiger partial charge in [0.2, 0.25) is 11.8 Å². The fourth-order valence-corrected chi connectivity index (χ4v) is 8.38. The van der Waals surface area contributed by atoms with Crippen LogP contribution in [0.15, 0.2) is 30.3 Å². The first-order valence-corrected chi connectivity index (χ1v) is 24.3. The third-order valence-corrected chi connectivity index (χ3v) is 11.9. The molecule has 0 saturated carbocycles. The van der Waals surface area contributed by atoms with E-state index in [0.717, 1.165) is 55.6 Å². The number of imide groups is 1. The summed E-state index contributed by atoms with van der Waals surface area (Å²) in [6.45, 7) is 12.8. The summed E-state index contributed by atoms with van der Waals surface area (Å²) in [6, 6.07) is 7.66. The molecule has 0 bridgehead atoms. The summed E-state index contributed by atoms with van der Waals surface area (Å²) in [7, 11) is -0.732. The Kier molecular flexibility index (Phi) is 18.1. The number of hydrogen-bond acceptors (Lipinski definition) is 20. The van der Waals surface area contributed by atoms with Gasteiger partial charge in [-0.1, -0.05) is 50.0 Å². The van der Waals surface area contributed by atoms with E-state index < -0.39 is 142 Å². The lowest BCUT2D eigenvalue weighted by Gasteiger charge is -2.54. The maximum Gasteiger partial charge on any atom is 0.366 e. The summed E-state index contributed by atoms with van der Waals surface area (Å²) in [6.07, 6.45) is -16.2. The van der Waals surface area contributed by atoms with Crippen LogP contribution in [0.1, 0.15) is 66.7 Å². The summed E-state index contributed by atoms with van der Waals surface area (Å²) in [5, 5.41) is 0. The minimum atomic E-state index is -2.83. The molecular formula is C42H59NO20Si. The van der Waals surface area contributed by atoms with Gasteiger partial charge in [0.05, 0.1) is 20.1 Å². The fourth-order valence-electron chi connectivity index (χ4n) is 7.65. The summed E-state index contributed by atoms with van der Waals surface area (Å²) in [5.74, 6) is -10.6. The number of hydrogen-bond donors (Lipinski definition) is 0. The van der Waals surface area contributed by atoms with E-state index in [1.54, 1.807) is 30.3 Å². The molecule has 12 atom stereocenters. The van der Waals surface area contributed by atoms with Crippen LogP contribution >= 0.6 is 0 Å². The van der Waals surface area contributed by atoms with Gasteiger partial charge in [-0.05, 0) is 6.04 Å². The molecule has 2 amide bonds. The van der Waals surface area contributed by atoms with E-state index in [1.807, 2.05) is 0 Å². The fraction of sp³-hybridized carbons (Fsp3) is 0.667. The second-order valence-corrected chi connectivity index (χ2v) is 22.3. The summed E-state index contributed by atoms with van der Waals surface area (Å²) >= 11 is 0. The van der Waals surface area contributed by atoms with E-state index in [4.69, 9.17) is 56.8 Å². The van der Waals surface area contributed by atoms with E-state index in [2.05, 4.69) is 19.6 Å². The first kappa shape index (κ1) is 51.8. The van der Waals surface area contributed by atoms with Gasteiger partial charge in [-0.2, -0.15) is 0 Å². The summed E-state index contributed by atoms with van der Waals surface area (Å²) in [5.41, 5.74) is 0.578. The van der Waals surface area contributed by atoms with Gasteiger partial charge in [-0.3, -0.25) is 38.5 Å². The third-order valence-electron chi connectivity index (χ3n) is 10.2. The number of esters is 6. The number of ether oxygens (including phenoxy) is 12. The molecule has 3 saturated heterocycles. The Morgan fingerprint density at radius 3 is 1.95 bits per heavy atom. The van der Waals surface area contributed by atoms with E-state index in [1.165, 1.54) is 0 Å². The predicted molar refractivity (Wildman–Crippen MR) is 218 cm³/mol. The minimum Gasteiger partial charge on any atom is -0.465 e. The van der Waals surface area contributed by atoms with Crippen molar-refractivity contribution in [2.45, 2.75) is 154 Å². The van der Waals surface area contributed by atoms with Gasteiger partial charge in [0.15, 0.2) is 30.9 Å². The van der Waals surface area contributed by atoms with Gasteiger partial charge < -0.3 is 56.8 Å². The van der Waals surface area contributed by atoms with E-state index in [-0.39, 0.29) is 13.2 Å². The maximum atomic E-state index is 14.6. The molecule has 0 aromatic heterocycles. The Hall–Kier alpha value is -4.84. The zero-order valence-corrected chi connectivity index (χ0v) is 38.9. The van der Waals surface area contributed by atoms with Crippen molar-refractivity contribution in [1.29, 1.82) is 0 Å². The van der Waals surface area contributed by atoms with Crippen LogP contribution in [-0.4, -0.2) is 154 Å². The Bertz CT molecular complexity index is 1840. The molecule has 3 aliphatic rings. The second-order valence-electron chi connectivity index (χ2n) is 16.7. The van der Waals surface area contributed by atoms with E-state index >= 15 is 0 Å². The molecule has 0 radical (unpaired) electrons. The van der Waals surface area contributed by atoms with Crippen molar-refractivity contribution in [3.63, 3.8) is 0 Å². The number of rotatable bonds is 17. The average molecular weight is 926 g/mol. The van der Waals surface area contributed by atoms with Gasteiger partial charge in [0, 0.05) is 68.7 Å². The molecule has 64 heavy (non-hydrogen) atoms. The monoisotopic (exact) mass is 925 g/mol. The van der Waals surface area contributed by atoms with Gasteiger partial charge in [-0.25, -0.2) is 4.79 Å². The minimum absolute atomic E-state index is 0.126. The SMILES string of the molecule is COC(=O)[C@@]1(O[C@H]2[C@H]3O[C@@H](c4ccccc4)OC[C@H]3O[C@@H](OCC[Si](C)(C)C)[C@@H]2OC(C)=O)C[C@H](OC(C)=O)[C@@H](N(C(C)=O)C(C)=O)[C@H]([C@H](OC(C)=O)[C@@H](COC(C)=O)OC(C)=O)O1. The van der Waals surface area contributed by atoms with Crippen LogP contribution in [0.3, 0.4) is 0 Å². The predicted octanol–water partition coefficient (Wildman–Crippen LogP) is 2.28. The molecule has 0 N–H and O–H groups in total. The number of carbonyl (C=O) groups is 8. The van der Waals surface area contributed by atoms with Crippen LogP contribution in [0, 0.1) is 0 Å². The van der Waals surface area contributed by atoms with Crippen LogP contribution in [0.2, 0.25) is 25.7 Å². The van der Waals surface area contributed by atoms with Crippen molar-refractivity contribution in [3.8, 4) is 0 Å². The molecular weight excluding hydrogens is 867 g/mol. The molecule has 356 valence electrons. The van der Waals surface area contributed by atoms with Crippen molar-refractivity contribution in [1.82, 2.24) is 4.90 Å². The molecule has 0 unspecified atom stereocenters. The number of fused-ring (bicyclic) bond motifs is 1. The topological polar surface area (TPSA) is 251 Å². The largest absolute Gasteiger partial charge is 0.465 e. The Morgan fingerprint density at radius 1 is 0.797 bits per heavy atom. The Balaban J connectivity index is 2.02. The van der Waals surface area contributed by atoms with Crippen molar-refractivity contribution in [2.75, 3.05) is 26.9 Å². The van der Waals surface area contributed by atoms with Crippen molar-refractivity contribution in [3.05, 3.63) is 35.9 Å². The summed E-state index contributed by atoms with van der Waals surface area (Å²) < 4.78 is 72.0. The lowest BCUT2D eigenvalue weighted by atomic mass is 9.86. The van der Waals surface area contributed by atoms with Gasteiger partial charge in [0.25, 0.3) is 5.79 Å². The molecule has 1 aromatic carbocycles. The van der Waals surface area contributed by atoms with Crippen LogP contribution in [-0.2, 0) is 95.2 Å². The van der Waals surface area contributed by atoms with Crippen LogP contribution in [0.4, 0.5) is 0 Å². The highest BCUT2D eigenvalue weighted by Crippen LogP contribution is 2.44. The maximum absolute atomic E-state index is 14.6. The Labute approximate surface area is 371 Å². The second kappa shape index (κ2) is 22.4. The smallest absolute Gasteiger partial charge is 0.366 e. The highest BCUT2D eigenvalue weighted by molar-refractivity contribution is 6.76. The zero-order chi connectivity index (χ0) is 47.7. The highest BCUT2D eigenvalue weighted by atomic mass is 28.3. The van der Waals surface area contributed by atoms with Crippen LogP contribution < -0.4 is 0 Å². The average Bonchev–Trinajstić information content (AvgIpc) is 3.19. The first-order valence-electron chi connectivity index (χ1n) is 20.6. The van der Waals surface area contributed by atoms with Crippen LogP contribution in [0.25, 0.3) is 0 Å². The van der Waals surface area contributed by atoms with E-state index in [0.29, 0.717) is 16.5 Å². The molecule has 0 spiro atoms. The molecule has 3 heterocycles. The van der Waals surface area contributed by atoms with Crippen molar-refractivity contribution >= 4 is 55.7 Å². The molecule has 0 aliphatic carbocycles. The molecule has 3 fully saturated rings. The normalized spacial score (nSPS) is 28.8. The third kappa shape index (κ3) is 13.6.